The summed E-state index contributed by atoms with van der Waals surface area (Å²) in [5.41, 5.74) is 0. The first-order chi connectivity index (χ1) is 7.33. The molecule has 1 fully saturated rings. The fraction of sp³-hybridized carbons (Fsp3) is 0.917. The molecule has 0 aliphatic carbocycles. The maximum Gasteiger partial charge on any atom is 0.309 e. The van der Waals surface area contributed by atoms with Gasteiger partial charge in [-0.05, 0) is 19.3 Å². The SMILES string of the molecule is O=C1CC(CCCCCCCCCO)O1. The maximum absolute atomic E-state index is 10.5. The lowest BCUT2D eigenvalue weighted by atomic mass is 10.0. The van der Waals surface area contributed by atoms with Gasteiger partial charge in [-0.25, -0.2) is 0 Å². The van der Waals surface area contributed by atoms with Gasteiger partial charge in [0.05, 0.1) is 6.42 Å². The fourth-order valence-corrected chi connectivity index (χ4v) is 1.89. The lowest BCUT2D eigenvalue weighted by Gasteiger charge is -2.25. The normalized spacial score (nSPS) is 19.8. The molecule has 15 heavy (non-hydrogen) atoms. The van der Waals surface area contributed by atoms with Crippen LogP contribution in [-0.4, -0.2) is 23.8 Å². The molecular weight excluding hydrogens is 192 g/mol. The van der Waals surface area contributed by atoms with Crippen LogP contribution in [0.2, 0.25) is 0 Å². The standard InChI is InChI=1S/C12H22O3/c13-9-7-5-3-1-2-4-6-8-11-10-12(14)15-11/h11,13H,1-10H2. The molecule has 1 heterocycles. The van der Waals surface area contributed by atoms with Crippen LogP contribution in [0, 0.1) is 0 Å². The summed E-state index contributed by atoms with van der Waals surface area (Å²) < 4.78 is 4.93. The number of unbranched alkanes of at least 4 members (excludes halogenated alkanes) is 6. The highest BCUT2D eigenvalue weighted by molar-refractivity contribution is 5.75. The zero-order valence-corrected chi connectivity index (χ0v) is 9.41. The molecule has 0 saturated carbocycles. The highest BCUT2D eigenvalue weighted by atomic mass is 16.6. The van der Waals surface area contributed by atoms with E-state index in [0.717, 1.165) is 19.3 Å². The molecule has 1 aliphatic rings. The molecule has 88 valence electrons. The number of rotatable bonds is 9. The number of hydrogen-bond acceptors (Lipinski definition) is 3. The van der Waals surface area contributed by atoms with Crippen molar-refractivity contribution >= 4 is 5.97 Å². The Morgan fingerprint density at radius 1 is 1.07 bits per heavy atom. The smallest absolute Gasteiger partial charge is 0.309 e. The van der Waals surface area contributed by atoms with Gasteiger partial charge in [-0.1, -0.05) is 32.1 Å². The molecule has 1 saturated heterocycles. The molecule has 0 aromatic heterocycles. The summed E-state index contributed by atoms with van der Waals surface area (Å²) in [4.78, 5) is 10.5. The van der Waals surface area contributed by atoms with Crippen LogP contribution in [0.4, 0.5) is 0 Å². The van der Waals surface area contributed by atoms with Crippen molar-refractivity contribution in [1.82, 2.24) is 0 Å². The van der Waals surface area contributed by atoms with E-state index >= 15 is 0 Å². The molecule has 1 atom stereocenters. The number of ether oxygens (including phenoxy) is 1. The topological polar surface area (TPSA) is 46.5 Å². The lowest BCUT2D eigenvalue weighted by Crippen LogP contribution is -2.32. The number of cyclic esters (lactones) is 1. The summed E-state index contributed by atoms with van der Waals surface area (Å²) in [6.07, 6.45) is 10.2. The minimum atomic E-state index is -0.0380. The lowest BCUT2D eigenvalue weighted by molar-refractivity contribution is -0.169. The van der Waals surface area contributed by atoms with Crippen LogP contribution < -0.4 is 0 Å². The van der Waals surface area contributed by atoms with E-state index < -0.39 is 0 Å². The van der Waals surface area contributed by atoms with Gasteiger partial charge in [-0.2, -0.15) is 0 Å². The van der Waals surface area contributed by atoms with Gasteiger partial charge in [-0.15, -0.1) is 0 Å². The van der Waals surface area contributed by atoms with E-state index in [1.807, 2.05) is 0 Å². The monoisotopic (exact) mass is 214 g/mol. The number of carbonyl (C=O) groups excluding carboxylic acids is 1. The first-order valence-electron chi connectivity index (χ1n) is 6.13. The molecule has 1 unspecified atom stereocenters. The van der Waals surface area contributed by atoms with Crippen LogP contribution in [0.1, 0.15) is 57.8 Å². The summed E-state index contributed by atoms with van der Waals surface area (Å²) >= 11 is 0. The second kappa shape index (κ2) is 7.69. The molecule has 1 N–H and O–H groups in total. The van der Waals surface area contributed by atoms with Gasteiger partial charge in [0.15, 0.2) is 0 Å². The number of aliphatic hydroxyl groups is 1. The van der Waals surface area contributed by atoms with Gasteiger partial charge in [0.25, 0.3) is 0 Å². The molecule has 1 aliphatic heterocycles. The van der Waals surface area contributed by atoms with Gasteiger partial charge < -0.3 is 9.84 Å². The first-order valence-corrected chi connectivity index (χ1v) is 6.13. The highest BCUT2D eigenvalue weighted by Crippen LogP contribution is 2.20. The Hall–Kier alpha value is -0.570. The van der Waals surface area contributed by atoms with Crippen LogP contribution in [-0.2, 0) is 9.53 Å². The van der Waals surface area contributed by atoms with Crippen LogP contribution in [0.3, 0.4) is 0 Å². The molecule has 0 radical (unpaired) electrons. The van der Waals surface area contributed by atoms with Crippen LogP contribution >= 0.6 is 0 Å². The van der Waals surface area contributed by atoms with Crippen molar-refractivity contribution < 1.29 is 14.6 Å². The predicted octanol–water partition coefficient (Wildman–Crippen LogP) is 2.42. The fourth-order valence-electron chi connectivity index (χ4n) is 1.89. The van der Waals surface area contributed by atoms with E-state index in [9.17, 15) is 4.79 Å². The summed E-state index contributed by atoms with van der Waals surface area (Å²) in [6.45, 7) is 0.326. The van der Waals surface area contributed by atoms with E-state index in [-0.39, 0.29) is 12.1 Å². The Bertz CT molecular complexity index is 172. The number of aliphatic hydroxyl groups excluding tert-OH is 1. The largest absolute Gasteiger partial charge is 0.462 e. The van der Waals surface area contributed by atoms with Crippen molar-refractivity contribution in [2.45, 2.75) is 63.9 Å². The van der Waals surface area contributed by atoms with Gasteiger partial charge in [0.1, 0.15) is 6.10 Å². The van der Waals surface area contributed by atoms with Crippen molar-refractivity contribution in [3.05, 3.63) is 0 Å². The summed E-state index contributed by atoms with van der Waals surface area (Å²) in [5.74, 6) is -0.0380. The van der Waals surface area contributed by atoms with Crippen molar-refractivity contribution in [2.75, 3.05) is 6.61 Å². The van der Waals surface area contributed by atoms with Gasteiger partial charge >= 0.3 is 5.97 Å². The van der Waals surface area contributed by atoms with E-state index in [2.05, 4.69) is 0 Å². The van der Waals surface area contributed by atoms with Crippen LogP contribution in [0.5, 0.6) is 0 Å². The van der Waals surface area contributed by atoms with E-state index in [1.54, 1.807) is 0 Å². The summed E-state index contributed by atoms with van der Waals surface area (Å²) in [6, 6.07) is 0. The Kier molecular flexibility index (Phi) is 6.41. The second-order valence-electron chi connectivity index (χ2n) is 4.30. The Morgan fingerprint density at radius 3 is 2.13 bits per heavy atom. The summed E-state index contributed by atoms with van der Waals surface area (Å²) in [7, 11) is 0. The van der Waals surface area contributed by atoms with Crippen molar-refractivity contribution in [3.63, 3.8) is 0 Å². The maximum atomic E-state index is 10.5. The zero-order chi connectivity index (χ0) is 10.9. The third-order valence-electron chi connectivity index (χ3n) is 2.88. The molecule has 3 heteroatoms. The Balaban J connectivity index is 1.72. The second-order valence-corrected chi connectivity index (χ2v) is 4.30. The highest BCUT2D eigenvalue weighted by Gasteiger charge is 2.27. The number of hydrogen-bond donors (Lipinski definition) is 1. The molecule has 0 spiro atoms. The van der Waals surface area contributed by atoms with Crippen molar-refractivity contribution in [3.8, 4) is 0 Å². The third-order valence-corrected chi connectivity index (χ3v) is 2.88. The molecule has 0 bridgehead atoms. The average Bonchev–Trinajstić information content (AvgIpc) is 2.19. The van der Waals surface area contributed by atoms with Crippen LogP contribution in [0.15, 0.2) is 0 Å². The minimum Gasteiger partial charge on any atom is -0.462 e. The van der Waals surface area contributed by atoms with E-state index in [1.165, 1.54) is 32.1 Å². The molecule has 3 nitrogen and oxygen atoms in total. The van der Waals surface area contributed by atoms with Gasteiger partial charge in [0, 0.05) is 6.61 Å². The van der Waals surface area contributed by atoms with Crippen molar-refractivity contribution in [1.29, 1.82) is 0 Å². The molecule has 0 amide bonds. The zero-order valence-electron chi connectivity index (χ0n) is 9.41. The molecular formula is C12H22O3. The first kappa shape index (κ1) is 12.5. The summed E-state index contributed by atoms with van der Waals surface area (Å²) in [5, 5.41) is 8.58. The Labute approximate surface area is 91.8 Å². The van der Waals surface area contributed by atoms with Crippen LogP contribution in [0.25, 0.3) is 0 Å². The molecule has 1 rings (SSSR count). The third kappa shape index (κ3) is 5.78. The minimum absolute atomic E-state index is 0.0380. The molecule has 0 aromatic carbocycles. The molecule has 0 aromatic rings. The van der Waals surface area contributed by atoms with E-state index in [0.29, 0.717) is 13.0 Å². The van der Waals surface area contributed by atoms with Gasteiger partial charge in [-0.3, -0.25) is 4.79 Å². The quantitative estimate of drug-likeness (QED) is 0.473. The Morgan fingerprint density at radius 2 is 1.60 bits per heavy atom. The van der Waals surface area contributed by atoms with Gasteiger partial charge in [0.2, 0.25) is 0 Å². The predicted molar refractivity (Wildman–Crippen MR) is 58.5 cm³/mol. The average molecular weight is 214 g/mol. The van der Waals surface area contributed by atoms with Crippen molar-refractivity contribution in [2.24, 2.45) is 0 Å². The number of carbonyl (C=O) groups is 1. The van der Waals surface area contributed by atoms with E-state index in [4.69, 9.17) is 9.84 Å². The number of esters is 1.